The van der Waals surface area contributed by atoms with Gasteiger partial charge >= 0.3 is 0 Å². The number of carbonyl (C=O) groups is 1. The molecule has 3 nitrogen and oxygen atoms in total. The summed E-state index contributed by atoms with van der Waals surface area (Å²) in [5, 5.41) is 9.62. The van der Waals surface area contributed by atoms with Gasteiger partial charge in [0.05, 0.1) is 12.1 Å². The minimum absolute atomic E-state index is 0.0292. The molecule has 0 saturated heterocycles. The van der Waals surface area contributed by atoms with E-state index in [1.165, 1.54) is 11.6 Å². The number of phenols is 1. The normalized spacial score (nSPS) is 10.8. The van der Waals surface area contributed by atoms with E-state index >= 15 is 0 Å². The highest BCUT2D eigenvalue weighted by atomic mass is 19.1. The van der Waals surface area contributed by atoms with Crippen molar-refractivity contribution in [2.75, 3.05) is 20.1 Å². The van der Waals surface area contributed by atoms with Gasteiger partial charge in [0, 0.05) is 6.54 Å². The summed E-state index contributed by atoms with van der Waals surface area (Å²) in [4.78, 5) is 13.9. The number of carbonyl (C=O) groups excluding carboxylic acids is 1. The lowest BCUT2D eigenvalue weighted by Crippen LogP contribution is -2.28. The van der Waals surface area contributed by atoms with Crippen LogP contribution in [0.5, 0.6) is 5.75 Å². The molecule has 0 amide bonds. The molecule has 0 radical (unpaired) electrons. The standard InChI is InChI=1S/C17H18FNO2/c1-19(10-9-13-5-3-2-4-6-13)12-17(21)15-11-14(18)7-8-16(15)20/h2-8,11,20H,9-10,12H2,1H3. The van der Waals surface area contributed by atoms with E-state index in [1.807, 2.05) is 42.3 Å². The van der Waals surface area contributed by atoms with Crippen LogP contribution in [0.1, 0.15) is 15.9 Å². The predicted molar refractivity (Wildman–Crippen MR) is 80.0 cm³/mol. The molecule has 1 N–H and O–H groups in total. The van der Waals surface area contributed by atoms with Gasteiger partial charge in [0.2, 0.25) is 0 Å². The number of rotatable bonds is 6. The largest absolute Gasteiger partial charge is 0.507 e. The van der Waals surface area contributed by atoms with E-state index < -0.39 is 5.82 Å². The van der Waals surface area contributed by atoms with E-state index in [-0.39, 0.29) is 23.6 Å². The van der Waals surface area contributed by atoms with E-state index in [4.69, 9.17) is 0 Å². The number of Topliss-reactive ketones (excluding diaryl/α,β-unsaturated/α-hetero) is 1. The molecule has 0 heterocycles. The topological polar surface area (TPSA) is 40.5 Å². The highest BCUT2D eigenvalue weighted by Crippen LogP contribution is 2.18. The van der Waals surface area contributed by atoms with Crippen LogP contribution >= 0.6 is 0 Å². The van der Waals surface area contributed by atoms with Gasteiger partial charge in [-0.1, -0.05) is 30.3 Å². The average molecular weight is 287 g/mol. The highest BCUT2D eigenvalue weighted by molar-refractivity contribution is 5.99. The lowest BCUT2D eigenvalue weighted by Gasteiger charge is -2.16. The lowest BCUT2D eigenvalue weighted by molar-refractivity contribution is 0.0943. The Kier molecular flexibility index (Phi) is 5.06. The molecule has 0 bridgehead atoms. The third-order valence-corrected chi connectivity index (χ3v) is 3.30. The second kappa shape index (κ2) is 6.99. The minimum Gasteiger partial charge on any atom is -0.507 e. The third-order valence-electron chi connectivity index (χ3n) is 3.30. The summed E-state index contributed by atoms with van der Waals surface area (Å²) >= 11 is 0. The zero-order chi connectivity index (χ0) is 15.2. The van der Waals surface area contributed by atoms with Gasteiger partial charge in [0.1, 0.15) is 11.6 Å². The zero-order valence-corrected chi connectivity index (χ0v) is 11.9. The molecule has 2 aromatic carbocycles. The summed E-state index contributed by atoms with van der Waals surface area (Å²) in [6.07, 6.45) is 0.833. The van der Waals surface area contributed by atoms with Gasteiger partial charge in [0.15, 0.2) is 5.78 Å². The molecule has 0 fully saturated rings. The Morgan fingerprint density at radius 3 is 2.62 bits per heavy atom. The van der Waals surface area contributed by atoms with Crippen molar-refractivity contribution in [3.05, 3.63) is 65.5 Å². The Labute approximate surface area is 123 Å². The number of benzene rings is 2. The molecule has 0 aliphatic rings. The van der Waals surface area contributed by atoms with Gasteiger partial charge in [-0.3, -0.25) is 9.69 Å². The van der Waals surface area contributed by atoms with Crippen LogP contribution in [0, 0.1) is 5.82 Å². The van der Waals surface area contributed by atoms with Gasteiger partial charge < -0.3 is 5.11 Å². The minimum atomic E-state index is -0.525. The molecular weight excluding hydrogens is 269 g/mol. The predicted octanol–water partition coefficient (Wildman–Crippen LogP) is 2.89. The van der Waals surface area contributed by atoms with Gasteiger partial charge in [-0.05, 0) is 37.2 Å². The molecule has 21 heavy (non-hydrogen) atoms. The fourth-order valence-corrected chi connectivity index (χ4v) is 2.11. The van der Waals surface area contributed by atoms with Crippen molar-refractivity contribution in [3.8, 4) is 5.75 Å². The van der Waals surface area contributed by atoms with Crippen LogP contribution in [-0.4, -0.2) is 35.9 Å². The van der Waals surface area contributed by atoms with Crippen molar-refractivity contribution >= 4 is 5.78 Å². The Bertz CT molecular complexity index is 613. The molecule has 0 unspecified atom stereocenters. The smallest absolute Gasteiger partial charge is 0.180 e. The first-order chi connectivity index (χ1) is 10.1. The van der Waals surface area contributed by atoms with Crippen molar-refractivity contribution in [2.45, 2.75) is 6.42 Å². The maximum atomic E-state index is 13.1. The first kappa shape index (κ1) is 15.2. The molecule has 110 valence electrons. The van der Waals surface area contributed by atoms with Crippen LogP contribution in [-0.2, 0) is 6.42 Å². The number of nitrogens with zero attached hydrogens (tertiary/aromatic N) is 1. The van der Waals surface area contributed by atoms with Crippen LogP contribution in [0.4, 0.5) is 4.39 Å². The number of hydrogen-bond acceptors (Lipinski definition) is 3. The fourth-order valence-electron chi connectivity index (χ4n) is 2.11. The molecule has 0 atom stereocenters. The molecule has 0 aliphatic carbocycles. The monoisotopic (exact) mass is 287 g/mol. The van der Waals surface area contributed by atoms with Crippen LogP contribution < -0.4 is 0 Å². The van der Waals surface area contributed by atoms with E-state index in [9.17, 15) is 14.3 Å². The van der Waals surface area contributed by atoms with E-state index in [2.05, 4.69) is 0 Å². The fraction of sp³-hybridized carbons (Fsp3) is 0.235. The summed E-state index contributed by atoms with van der Waals surface area (Å²) < 4.78 is 13.1. The highest BCUT2D eigenvalue weighted by Gasteiger charge is 2.14. The number of hydrogen-bond donors (Lipinski definition) is 1. The Morgan fingerprint density at radius 2 is 1.90 bits per heavy atom. The summed E-state index contributed by atoms with van der Waals surface area (Å²) in [5.41, 5.74) is 1.23. The van der Waals surface area contributed by atoms with Crippen molar-refractivity contribution in [1.29, 1.82) is 0 Å². The van der Waals surface area contributed by atoms with Crippen LogP contribution in [0.2, 0.25) is 0 Å². The van der Waals surface area contributed by atoms with Crippen LogP contribution in [0.25, 0.3) is 0 Å². The Balaban J connectivity index is 1.91. The van der Waals surface area contributed by atoms with Gasteiger partial charge in [0.25, 0.3) is 0 Å². The summed E-state index contributed by atoms with van der Waals surface area (Å²) in [6, 6.07) is 13.4. The number of halogens is 1. The maximum Gasteiger partial charge on any atom is 0.180 e. The lowest BCUT2D eigenvalue weighted by atomic mass is 10.1. The van der Waals surface area contributed by atoms with Crippen LogP contribution in [0.3, 0.4) is 0 Å². The van der Waals surface area contributed by atoms with Crippen molar-refractivity contribution < 1.29 is 14.3 Å². The Hall–Kier alpha value is -2.20. The number of ketones is 1. The molecule has 0 spiro atoms. The van der Waals surface area contributed by atoms with Crippen molar-refractivity contribution in [2.24, 2.45) is 0 Å². The van der Waals surface area contributed by atoms with E-state index in [0.717, 1.165) is 18.6 Å². The molecule has 0 aliphatic heterocycles. The summed E-state index contributed by atoms with van der Waals surface area (Å²) in [6.45, 7) is 0.857. The number of phenolic OH excluding ortho intramolecular Hbond substituents is 1. The summed E-state index contributed by atoms with van der Waals surface area (Å²) in [7, 11) is 1.83. The second-order valence-corrected chi connectivity index (χ2v) is 5.06. The SMILES string of the molecule is CN(CCc1ccccc1)CC(=O)c1cc(F)ccc1O. The second-order valence-electron chi connectivity index (χ2n) is 5.06. The van der Waals surface area contributed by atoms with E-state index in [0.29, 0.717) is 6.54 Å². The number of likely N-dealkylation sites (N-methyl/N-ethyl adjacent to an activating group) is 1. The Morgan fingerprint density at radius 1 is 1.19 bits per heavy atom. The first-order valence-corrected chi connectivity index (χ1v) is 6.80. The molecule has 0 saturated carbocycles. The van der Waals surface area contributed by atoms with Crippen molar-refractivity contribution in [1.82, 2.24) is 4.90 Å². The van der Waals surface area contributed by atoms with Crippen molar-refractivity contribution in [3.63, 3.8) is 0 Å². The first-order valence-electron chi connectivity index (χ1n) is 6.80. The molecular formula is C17H18FNO2. The van der Waals surface area contributed by atoms with Gasteiger partial charge in [-0.15, -0.1) is 0 Å². The number of aromatic hydroxyl groups is 1. The van der Waals surface area contributed by atoms with Gasteiger partial charge in [-0.25, -0.2) is 4.39 Å². The molecule has 0 aromatic heterocycles. The van der Waals surface area contributed by atoms with E-state index in [1.54, 1.807) is 0 Å². The quantitative estimate of drug-likeness (QED) is 0.831. The molecule has 4 heteroatoms. The zero-order valence-electron chi connectivity index (χ0n) is 11.9. The maximum absolute atomic E-state index is 13.1. The molecule has 2 aromatic rings. The average Bonchev–Trinajstić information content (AvgIpc) is 2.48. The van der Waals surface area contributed by atoms with Crippen LogP contribution in [0.15, 0.2) is 48.5 Å². The van der Waals surface area contributed by atoms with Gasteiger partial charge in [-0.2, -0.15) is 0 Å². The molecule has 2 rings (SSSR count). The summed E-state index contributed by atoms with van der Waals surface area (Å²) in [5.74, 6) is -0.997. The third kappa shape index (κ3) is 4.39.